The van der Waals surface area contributed by atoms with Crippen LogP contribution in [0.5, 0.6) is 0 Å². The maximum atomic E-state index is 12.6. The van der Waals surface area contributed by atoms with E-state index in [1.807, 2.05) is 36.9 Å². The molecule has 28 heavy (non-hydrogen) atoms. The van der Waals surface area contributed by atoms with Crippen LogP contribution in [0.15, 0.2) is 30.3 Å². The fourth-order valence-corrected chi connectivity index (χ4v) is 3.69. The number of nitrogens with zero attached hydrogens (tertiary/aromatic N) is 3. The van der Waals surface area contributed by atoms with Gasteiger partial charge < -0.3 is 10.2 Å². The predicted molar refractivity (Wildman–Crippen MR) is 113 cm³/mol. The average Bonchev–Trinajstić information content (AvgIpc) is 2.69. The van der Waals surface area contributed by atoms with Crippen molar-refractivity contribution in [3.8, 4) is 0 Å². The highest BCUT2D eigenvalue weighted by Gasteiger charge is 2.24. The molecule has 1 aromatic carbocycles. The third-order valence-electron chi connectivity index (χ3n) is 5.45. The number of piperazine rings is 1. The summed E-state index contributed by atoms with van der Waals surface area (Å²) in [5.74, 6) is 0.586. The van der Waals surface area contributed by atoms with E-state index in [4.69, 9.17) is 0 Å². The second kappa shape index (κ2) is 11.2. The molecule has 1 heterocycles. The van der Waals surface area contributed by atoms with Gasteiger partial charge in [-0.05, 0) is 25.3 Å². The summed E-state index contributed by atoms with van der Waals surface area (Å²) < 4.78 is 0. The van der Waals surface area contributed by atoms with Gasteiger partial charge in [0.25, 0.3) is 0 Å². The van der Waals surface area contributed by atoms with E-state index in [-0.39, 0.29) is 17.9 Å². The largest absolute Gasteiger partial charge is 0.348 e. The highest BCUT2D eigenvalue weighted by molar-refractivity contribution is 5.79. The van der Waals surface area contributed by atoms with Crippen LogP contribution >= 0.6 is 0 Å². The Morgan fingerprint density at radius 2 is 1.50 bits per heavy atom. The van der Waals surface area contributed by atoms with Crippen molar-refractivity contribution in [1.29, 1.82) is 0 Å². The molecule has 156 valence electrons. The maximum absolute atomic E-state index is 12.6. The minimum Gasteiger partial charge on any atom is -0.348 e. The number of hydrogen-bond acceptors (Lipinski definition) is 4. The number of benzene rings is 1. The third kappa shape index (κ3) is 6.60. The zero-order valence-corrected chi connectivity index (χ0v) is 17.9. The maximum Gasteiger partial charge on any atom is 0.236 e. The summed E-state index contributed by atoms with van der Waals surface area (Å²) in [6.07, 6.45) is 0. The van der Waals surface area contributed by atoms with Crippen molar-refractivity contribution < 1.29 is 9.59 Å². The van der Waals surface area contributed by atoms with Gasteiger partial charge in [-0.2, -0.15) is 0 Å². The molecule has 2 amide bonds. The van der Waals surface area contributed by atoms with Gasteiger partial charge in [0.1, 0.15) is 0 Å². The molecule has 0 radical (unpaired) electrons. The molecule has 1 saturated heterocycles. The highest BCUT2D eigenvalue weighted by atomic mass is 16.2. The van der Waals surface area contributed by atoms with Crippen molar-refractivity contribution in [3.63, 3.8) is 0 Å². The molecular formula is C22H36N4O2. The van der Waals surface area contributed by atoms with Gasteiger partial charge in [-0.25, -0.2) is 0 Å². The van der Waals surface area contributed by atoms with Gasteiger partial charge >= 0.3 is 0 Å². The normalized spacial score (nSPS) is 16.8. The van der Waals surface area contributed by atoms with Gasteiger partial charge in [-0.3, -0.25) is 19.4 Å². The molecule has 1 N–H and O–H groups in total. The van der Waals surface area contributed by atoms with Gasteiger partial charge in [0.2, 0.25) is 11.8 Å². The molecule has 0 spiro atoms. The smallest absolute Gasteiger partial charge is 0.236 e. The average molecular weight is 389 g/mol. The second-order valence-corrected chi connectivity index (χ2v) is 7.82. The molecule has 1 aliphatic rings. The van der Waals surface area contributed by atoms with Crippen LogP contribution in [0, 0.1) is 5.92 Å². The Morgan fingerprint density at radius 1 is 0.964 bits per heavy atom. The topological polar surface area (TPSA) is 55.9 Å². The quantitative estimate of drug-likeness (QED) is 0.703. The van der Waals surface area contributed by atoms with Crippen LogP contribution in [0.4, 0.5) is 0 Å². The Labute approximate surface area is 169 Å². The molecule has 0 aliphatic carbocycles. The van der Waals surface area contributed by atoms with Crippen molar-refractivity contribution in [2.75, 3.05) is 52.4 Å². The number of nitrogens with one attached hydrogen (secondary N) is 1. The summed E-state index contributed by atoms with van der Waals surface area (Å²) in [5.41, 5.74) is 1.14. The summed E-state index contributed by atoms with van der Waals surface area (Å²) in [5, 5.41) is 3.20. The summed E-state index contributed by atoms with van der Waals surface area (Å²) in [4.78, 5) is 31.1. The SMILES string of the molecule is CCN(CC)C(=O)CN1CCN(CC(=O)NC(c2ccccc2)C(C)C)CC1. The number of carbonyl (C=O) groups excluding carboxylic acids is 2. The molecule has 1 aromatic rings. The van der Waals surface area contributed by atoms with E-state index in [9.17, 15) is 9.59 Å². The molecule has 0 bridgehead atoms. The number of rotatable bonds is 9. The van der Waals surface area contributed by atoms with Crippen LogP contribution in [-0.2, 0) is 9.59 Å². The van der Waals surface area contributed by atoms with Crippen LogP contribution in [0.2, 0.25) is 0 Å². The van der Waals surface area contributed by atoms with Crippen LogP contribution in [0.25, 0.3) is 0 Å². The van der Waals surface area contributed by atoms with Crippen LogP contribution in [0.3, 0.4) is 0 Å². The van der Waals surface area contributed by atoms with Crippen molar-refractivity contribution in [3.05, 3.63) is 35.9 Å². The van der Waals surface area contributed by atoms with Gasteiger partial charge in [0, 0.05) is 39.3 Å². The van der Waals surface area contributed by atoms with E-state index in [1.54, 1.807) is 0 Å². The van der Waals surface area contributed by atoms with E-state index in [1.165, 1.54) is 0 Å². The third-order valence-corrected chi connectivity index (χ3v) is 5.45. The molecule has 1 aliphatic heterocycles. The van der Waals surface area contributed by atoms with Crippen molar-refractivity contribution in [2.24, 2.45) is 5.92 Å². The first-order valence-corrected chi connectivity index (χ1v) is 10.5. The lowest BCUT2D eigenvalue weighted by Gasteiger charge is -2.35. The lowest BCUT2D eigenvalue weighted by Crippen LogP contribution is -2.52. The minimum absolute atomic E-state index is 0.0293. The molecular weight excluding hydrogens is 352 g/mol. The zero-order valence-electron chi connectivity index (χ0n) is 17.9. The number of likely N-dealkylation sites (N-methyl/N-ethyl adjacent to an activating group) is 1. The van der Waals surface area contributed by atoms with E-state index in [0.717, 1.165) is 44.8 Å². The molecule has 0 saturated carbocycles. The molecule has 6 heteroatoms. The van der Waals surface area contributed by atoms with Crippen LogP contribution < -0.4 is 5.32 Å². The summed E-state index contributed by atoms with van der Waals surface area (Å²) >= 11 is 0. The highest BCUT2D eigenvalue weighted by Crippen LogP contribution is 2.21. The monoisotopic (exact) mass is 388 g/mol. The molecule has 6 nitrogen and oxygen atoms in total. The lowest BCUT2D eigenvalue weighted by atomic mass is 9.96. The lowest BCUT2D eigenvalue weighted by molar-refractivity contribution is -0.133. The van der Waals surface area contributed by atoms with E-state index in [2.05, 4.69) is 41.1 Å². The molecule has 2 rings (SSSR count). The Balaban J connectivity index is 1.79. The molecule has 1 unspecified atom stereocenters. The van der Waals surface area contributed by atoms with Crippen LogP contribution in [-0.4, -0.2) is 78.9 Å². The first kappa shape index (κ1) is 22.4. The fraction of sp³-hybridized carbons (Fsp3) is 0.636. The van der Waals surface area contributed by atoms with Crippen molar-refractivity contribution in [1.82, 2.24) is 20.0 Å². The van der Waals surface area contributed by atoms with Gasteiger partial charge in [-0.1, -0.05) is 44.2 Å². The van der Waals surface area contributed by atoms with E-state index >= 15 is 0 Å². The Kier molecular flexibility index (Phi) is 8.93. The Hall–Kier alpha value is -1.92. The van der Waals surface area contributed by atoms with Gasteiger partial charge in [-0.15, -0.1) is 0 Å². The zero-order chi connectivity index (χ0) is 20.5. The predicted octanol–water partition coefficient (Wildman–Crippen LogP) is 1.99. The summed E-state index contributed by atoms with van der Waals surface area (Å²) in [6.45, 7) is 14.0. The molecule has 0 aromatic heterocycles. The van der Waals surface area contributed by atoms with Crippen molar-refractivity contribution in [2.45, 2.75) is 33.7 Å². The number of carbonyl (C=O) groups is 2. The fourth-order valence-electron chi connectivity index (χ4n) is 3.69. The first-order valence-electron chi connectivity index (χ1n) is 10.5. The standard InChI is InChI=1S/C22H36N4O2/c1-5-26(6-2)21(28)17-25-14-12-24(13-15-25)16-20(27)23-22(18(3)4)19-10-8-7-9-11-19/h7-11,18,22H,5-6,12-17H2,1-4H3,(H,23,27). The number of amides is 2. The number of hydrogen-bond donors (Lipinski definition) is 1. The van der Waals surface area contributed by atoms with E-state index < -0.39 is 0 Å². The first-order chi connectivity index (χ1) is 13.4. The van der Waals surface area contributed by atoms with Gasteiger partial charge in [0.05, 0.1) is 19.1 Å². The molecule has 1 fully saturated rings. The van der Waals surface area contributed by atoms with E-state index in [0.29, 0.717) is 19.0 Å². The van der Waals surface area contributed by atoms with Crippen LogP contribution in [0.1, 0.15) is 39.3 Å². The van der Waals surface area contributed by atoms with Crippen molar-refractivity contribution >= 4 is 11.8 Å². The Morgan fingerprint density at radius 3 is 2.00 bits per heavy atom. The van der Waals surface area contributed by atoms with Gasteiger partial charge in [0.15, 0.2) is 0 Å². The Bertz CT molecular complexity index is 608. The molecule has 1 atom stereocenters. The summed E-state index contributed by atoms with van der Waals surface area (Å²) in [6, 6.07) is 10.2. The minimum atomic E-state index is 0.0293. The second-order valence-electron chi connectivity index (χ2n) is 7.82. The summed E-state index contributed by atoms with van der Waals surface area (Å²) in [7, 11) is 0.